The fourth-order valence-electron chi connectivity index (χ4n) is 4.40. The van der Waals surface area contributed by atoms with Crippen molar-refractivity contribution in [1.29, 1.82) is 5.26 Å². The first-order valence-electron chi connectivity index (χ1n) is 11.6. The van der Waals surface area contributed by atoms with E-state index in [-0.39, 0.29) is 28.2 Å². The van der Waals surface area contributed by atoms with Gasteiger partial charge in [-0.2, -0.15) is 5.26 Å². The van der Waals surface area contributed by atoms with Crippen molar-refractivity contribution in [3.8, 4) is 6.07 Å². The van der Waals surface area contributed by atoms with Gasteiger partial charge < -0.3 is 10.6 Å². The minimum Gasteiger partial charge on any atom is -0.355 e. The molecule has 0 saturated carbocycles. The smallest absolute Gasteiger partial charge is 0.240 e. The molecule has 8 heteroatoms. The van der Waals surface area contributed by atoms with Gasteiger partial charge in [0.2, 0.25) is 15.9 Å². The highest BCUT2D eigenvalue weighted by Crippen LogP contribution is 2.24. The average Bonchev–Trinajstić information content (AvgIpc) is 2.90. The molecule has 0 bridgehead atoms. The zero-order chi connectivity index (χ0) is 24.7. The van der Waals surface area contributed by atoms with Crippen LogP contribution in [0.5, 0.6) is 0 Å². The first-order valence-corrected chi connectivity index (χ1v) is 13.1. The third-order valence-corrected chi connectivity index (χ3v) is 7.72. The Balaban J connectivity index is 1.40. The van der Waals surface area contributed by atoms with Crippen molar-refractivity contribution in [3.63, 3.8) is 0 Å². The highest BCUT2D eigenvalue weighted by atomic mass is 32.2. The molecule has 1 aliphatic heterocycles. The molecule has 1 heterocycles. The molecule has 0 aliphatic carbocycles. The summed E-state index contributed by atoms with van der Waals surface area (Å²) in [5.74, 6) is -0.460. The third-order valence-electron chi connectivity index (χ3n) is 6.20. The summed E-state index contributed by atoms with van der Waals surface area (Å²) < 4.78 is 28.3. The largest absolute Gasteiger partial charge is 0.355 e. The Labute approximate surface area is 206 Å². The molecule has 1 aliphatic rings. The molecule has 1 fully saturated rings. The Morgan fingerprint density at radius 2 is 1.63 bits per heavy atom. The van der Waals surface area contributed by atoms with E-state index in [2.05, 4.69) is 39.6 Å². The van der Waals surface area contributed by atoms with Crippen molar-refractivity contribution in [2.45, 2.75) is 23.3 Å². The molecule has 2 atom stereocenters. The minimum atomic E-state index is -3.81. The number of piperidine rings is 1. The van der Waals surface area contributed by atoms with Crippen molar-refractivity contribution in [2.75, 3.05) is 19.6 Å². The van der Waals surface area contributed by atoms with Gasteiger partial charge in [0.05, 0.1) is 22.4 Å². The Kier molecular flexibility index (Phi) is 7.93. The maximum Gasteiger partial charge on any atom is 0.240 e. The maximum absolute atomic E-state index is 13.1. The van der Waals surface area contributed by atoms with Crippen molar-refractivity contribution >= 4 is 15.9 Å². The molecular formula is C27H28N4O3S. The molecule has 7 nitrogen and oxygen atoms in total. The summed E-state index contributed by atoms with van der Waals surface area (Å²) in [6, 6.07) is 27.5. The number of benzene rings is 3. The fourth-order valence-corrected chi connectivity index (χ4v) is 5.69. The summed E-state index contributed by atoms with van der Waals surface area (Å²) in [6.07, 6.45) is 0.386. The molecule has 4 rings (SSSR count). The lowest BCUT2D eigenvalue weighted by molar-refractivity contribution is -0.125. The van der Waals surface area contributed by atoms with Crippen LogP contribution in [0.3, 0.4) is 0 Å². The number of amides is 1. The van der Waals surface area contributed by atoms with Crippen LogP contribution in [0.15, 0.2) is 89.8 Å². The summed E-state index contributed by atoms with van der Waals surface area (Å²) in [5, 5.41) is 15.3. The lowest BCUT2D eigenvalue weighted by Gasteiger charge is -2.30. The molecule has 1 saturated heterocycles. The van der Waals surface area contributed by atoms with Crippen LogP contribution in [0.4, 0.5) is 0 Å². The number of sulfonamides is 1. The molecule has 0 radical (unpaired) electrons. The van der Waals surface area contributed by atoms with E-state index >= 15 is 0 Å². The zero-order valence-electron chi connectivity index (χ0n) is 19.2. The second-order valence-corrected chi connectivity index (χ2v) is 10.4. The monoisotopic (exact) mass is 488 g/mol. The quantitative estimate of drug-likeness (QED) is 0.452. The zero-order valence-corrected chi connectivity index (χ0v) is 20.0. The van der Waals surface area contributed by atoms with E-state index in [0.717, 1.165) is 11.1 Å². The lowest BCUT2D eigenvalue weighted by Crippen LogP contribution is -2.52. The maximum atomic E-state index is 13.1. The summed E-state index contributed by atoms with van der Waals surface area (Å²) in [5.41, 5.74) is 2.51. The van der Waals surface area contributed by atoms with Crippen LogP contribution in [0.2, 0.25) is 0 Å². The molecule has 0 aromatic heterocycles. The van der Waals surface area contributed by atoms with Crippen LogP contribution in [0, 0.1) is 17.2 Å². The van der Waals surface area contributed by atoms with Crippen LogP contribution in [0.25, 0.3) is 0 Å². The predicted octanol–water partition coefficient (Wildman–Crippen LogP) is 2.76. The Morgan fingerprint density at radius 3 is 2.26 bits per heavy atom. The number of rotatable bonds is 8. The SMILES string of the molecule is N#Cc1cccc(S(=O)(=O)NC2CNCC(C(=O)NCC(c3ccccc3)c3ccccc3)C2)c1. The van der Waals surface area contributed by atoms with Gasteiger partial charge in [-0.15, -0.1) is 0 Å². The Bertz CT molecular complexity index is 1250. The van der Waals surface area contributed by atoms with Crippen molar-refractivity contribution < 1.29 is 13.2 Å². The third kappa shape index (κ3) is 6.34. The number of carbonyl (C=O) groups is 1. The van der Waals surface area contributed by atoms with E-state index in [9.17, 15) is 13.2 Å². The predicted molar refractivity (Wildman–Crippen MR) is 134 cm³/mol. The number of hydrogen-bond donors (Lipinski definition) is 3. The highest BCUT2D eigenvalue weighted by Gasteiger charge is 2.30. The van der Waals surface area contributed by atoms with E-state index in [4.69, 9.17) is 5.26 Å². The van der Waals surface area contributed by atoms with Crippen LogP contribution in [0.1, 0.15) is 29.0 Å². The highest BCUT2D eigenvalue weighted by molar-refractivity contribution is 7.89. The molecule has 2 unspecified atom stereocenters. The number of nitriles is 1. The van der Waals surface area contributed by atoms with Gasteiger partial charge in [-0.1, -0.05) is 66.7 Å². The molecule has 35 heavy (non-hydrogen) atoms. The number of hydrogen-bond acceptors (Lipinski definition) is 5. The van der Waals surface area contributed by atoms with Crippen LogP contribution >= 0.6 is 0 Å². The second-order valence-electron chi connectivity index (χ2n) is 8.67. The van der Waals surface area contributed by atoms with Crippen LogP contribution in [-0.4, -0.2) is 40.0 Å². The first-order chi connectivity index (χ1) is 17.0. The molecule has 1 amide bonds. The molecule has 3 aromatic carbocycles. The lowest BCUT2D eigenvalue weighted by atomic mass is 9.90. The normalized spacial score (nSPS) is 18.1. The second kappa shape index (κ2) is 11.3. The fraction of sp³-hybridized carbons (Fsp3) is 0.259. The van der Waals surface area contributed by atoms with Crippen molar-refractivity contribution in [2.24, 2.45) is 5.92 Å². The van der Waals surface area contributed by atoms with Gasteiger partial charge in [0.25, 0.3) is 0 Å². The van der Waals surface area contributed by atoms with E-state index in [1.807, 2.05) is 42.5 Å². The molecule has 3 aromatic rings. The first kappa shape index (κ1) is 24.6. The Hall–Kier alpha value is -3.51. The van der Waals surface area contributed by atoms with Crippen molar-refractivity contribution in [3.05, 3.63) is 102 Å². The minimum absolute atomic E-state index is 0.0135. The molecule has 0 spiro atoms. The van der Waals surface area contributed by atoms with E-state index in [1.54, 1.807) is 12.1 Å². The van der Waals surface area contributed by atoms with Gasteiger partial charge in [-0.3, -0.25) is 4.79 Å². The van der Waals surface area contributed by atoms with Gasteiger partial charge in [-0.05, 0) is 35.7 Å². The van der Waals surface area contributed by atoms with Gasteiger partial charge in [0.15, 0.2) is 0 Å². The summed E-state index contributed by atoms with van der Waals surface area (Å²) in [4.78, 5) is 13.1. The van der Waals surface area contributed by atoms with Crippen LogP contribution in [-0.2, 0) is 14.8 Å². The van der Waals surface area contributed by atoms with Gasteiger partial charge in [0, 0.05) is 31.6 Å². The number of nitrogens with zero attached hydrogens (tertiary/aromatic N) is 1. The van der Waals surface area contributed by atoms with E-state index < -0.39 is 16.1 Å². The Morgan fingerprint density at radius 1 is 0.971 bits per heavy atom. The van der Waals surface area contributed by atoms with Crippen LogP contribution < -0.4 is 15.4 Å². The summed E-state index contributed by atoms with van der Waals surface area (Å²) in [7, 11) is -3.81. The van der Waals surface area contributed by atoms with E-state index in [1.165, 1.54) is 12.1 Å². The number of nitrogens with one attached hydrogen (secondary N) is 3. The average molecular weight is 489 g/mol. The van der Waals surface area contributed by atoms with Crippen molar-refractivity contribution in [1.82, 2.24) is 15.4 Å². The molecule has 180 valence electrons. The standard InChI is InChI=1S/C27H28N4O3S/c28-16-20-8-7-13-25(14-20)35(33,34)31-24-15-23(17-29-18-24)27(32)30-19-26(21-9-3-1-4-10-21)22-11-5-2-6-12-22/h1-14,23-24,26,29,31H,15,17-19H2,(H,30,32). The molecule has 3 N–H and O–H groups in total. The summed E-state index contributed by atoms with van der Waals surface area (Å²) in [6.45, 7) is 1.35. The number of carbonyl (C=O) groups excluding carboxylic acids is 1. The topological polar surface area (TPSA) is 111 Å². The van der Waals surface area contributed by atoms with Gasteiger partial charge in [0.1, 0.15) is 0 Å². The molecular weight excluding hydrogens is 460 g/mol. The van der Waals surface area contributed by atoms with E-state index in [0.29, 0.717) is 26.1 Å². The van der Waals surface area contributed by atoms with Gasteiger partial charge >= 0.3 is 0 Å². The summed E-state index contributed by atoms with van der Waals surface area (Å²) >= 11 is 0. The van der Waals surface area contributed by atoms with Gasteiger partial charge in [-0.25, -0.2) is 13.1 Å².